The van der Waals surface area contributed by atoms with Gasteiger partial charge in [0.2, 0.25) is 5.91 Å². The molecule has 0 N–H and O–H groups in total. The summed E-state index contributed by atoms with van der Waals surface area (Å²) in [6, 6.07) is 18.0. The van der Waals surface area contributed by atoms with Crippen LogP contribution in [0.3, 0.4) is 0 Å². The smallest absolute Gasteiger partial charge is 0.249 e. The molecule has 4 heteroatoms. The molecular weight excluding hydrogens is 302 g/mol. The monoisotopic (exact) mass is 323 g/mol. The van der Waals surface area contributed by atoms with Gasteiger partial charge in [0.05, 0.1) is 19.3 Å². The first-order valence-corrected chi connectivity index (χ1v) is 8.45. The Bertz CT molecular complexity index is 731. The Morgan fingerprint density at radius 1 is 1.12 bits per heavy atom. The lowest BCUT2D eigenvalue weighted by atomic mass is 9.91. The Labute approximate surface area is 141 Å². The highest BCUT2D eigenvalue weighted by molar-refractivity contribution is 5.78. The highest BCUT2D eigenvalue weighted by Crippen LogP contribution is 2.43. The summed E-state index contributed by atoms with van der Waals surface area (Å²) >= 11 is 0. The molecule has 2 aromatic carbocycles. The fourth-order valence-electron chi connectivity index (χ4n) is 3.58. The number of hydrogen-bond donors (Lipinski definition) is 0. The largest absolute Gasteiger partial charge is 0.493 e. The van der Waals surface area contributed by atoms with Crippen LogP contribution in [0.4, 0.5) is 0 Å². The molecule has 24 heavy (non-hydrogen) atoms. The Morgan fingerprint density at radius 3 is 2.71 bits per heavy atom. The molecule has 0 aromatic heterocycles. The molecule has 0 bridgehead atoms. The molecule has 4 nitrogen and oxygen atoms in total. The van der Waals surface area contributed by atoms with Gasteiger partial charge in [0.15, 0.2) is 0 Å². The van der Waals surface area contributed by atoms with Crippen molar-refractivity contribution >= 4 is 5.91 Å². The van der Waals surface area contributed by atoms with Gasteiger partial charge in [-0.2, -0.15) is 0 Å². The normalized spacial score (nSPS) is 23.1. The molecule has 3 atom stereocenters. The van der Waals surface area contributed by atoms with E-state index >= 15 is 0 Å². The average molecular weight is 323 g/mol. The number of carbonyl (C=O) groups is 1. The van der Waals surface area contributed by atoms with Crippen LogP contribution in [-0.2, 0) is 16.1 Å². The van der Waals surface area contributed by atoms with Crippen LogP contribution in [0.5, 0.6) is 5.75 Å². The van der Waals surface area contributed by atoms with Crippen molar-refractivity contribution in [3.8, 4) is 5.75 Å². The first kappa shape index (κ1) is 15.2. The summed E-state index contributed by atoms with van der Waals surface area (Å²) in [5, 5.41) is 1.60. The van der Waals surface area contributed by atoms with E-state index < -0.39 is 0 Å². The lowest BCUT2D eigenvalue weighted by Gasteiger charge is -2.32. The number of benzene rings is 2. The van der Waals surface area contributed by atoms with E-state index in [4.69, 9.17) is 9.57 Å². The van der Waals surface area contributed by atoms with Crippen LogP contribution in [0.1, 0.15) is 24.1 Å². The minimum atomic E-state index is -0.124. The Morgan fingerprint density at radius 2 is 1.88 bits per heavy atom. The number of carbonyl (C=O) groups excluding carboxylic acids is 1. The van der Waals surface area contributed by atoms with E-state index in [1.54, 1.807) is 5.06 Å². The van der Waals surface area contributed by atoms with Gasteiger partial charge in [-0.15, -0.1) is 0 Å². The summed E-state index contributed by atoms with van der Waals surface area (Å²) < 4.78 is 5.80. The Hall–Kier alpha value is -2.33. The van der Waals surface area contributed by atoms with Crippen molar-refractivity contribution in [3.63, 3.8) is 0 Å². The zero-order valence-corrected chi connectivity index (χ0v) is 13.7. The van der Waals surface area contributed by atoms with Crippen molar-refractivity contribution < 1.29 is 14.4 Å². The number of nitrogens with zero attached hydrogens (tertiary/aromatic N) is 1. The Kier molecular flexibility index (Phi) is 3.98. The fraction of sp³-hybridized carbons (Fsp3) is 0.350. The van der Waals surface area contributed by atoms with E-state index in [9.17, 15) is 4.79 Å². The van der Waals surface area contributed by atoms with Crippen molar-refractivity contribution in [2.75, 3.05) is 13.2 Å². The molecule has 1 fully saturated rings. The third kappa shape index (κ3) is 2.67. The number of para-hydroxylation sites is 1. The molecule has 0 saturated carbocycles. The van der Waals surface area contributed by atoms with Crippen molar-refractivity contribution in [2.24, 2.45) is 11.8 Å². The van der Waals surface area contributed by atoms with Crippen LogP contribution in [0.2, 0.25) is 0 Å². The average Bonchev–Trinajstić information content (AvgIpc) is 3.06. The van der Waals surface area contributed by atoms with Crippen molar-refractivity contribution in [1.82, 2.24) is 5.06 Å². The van der Waals surface area contributed by atoms with Gasteiger partial charge in [-0.05, 0) is 18.1 Å². The van der Waals surface area contributed by atoms with E-state index in [1.165, 1.54) is 5.56 Å². The van der Waals surface area contributed by atoms with E-state index in [-0.39, 0.29) is 23.8 Å². The van der Waals surface area contributed by atoms with Gasteiger partial charge >= 0.3 is 0 Å². The molecule has 4 rings (SSSR count). The maximum absolute atomic E-state index is 13.0. The highest BCUT2D eigenvalue weighted by atomic mass is 16.7. The highest BCUT2D eigenvalue weighted by Gasteiger charge is 2.44. The summed E-state index contributed by atoms with van der Waals surface area (Å²) in [7, 11) is 0. The molecule has 2 heterocycles. The standard InChI is InChI=1S/C20H21NO3/c1-14(11-15-7-3-2-4-8-15)20(22)21-19-16(13-24-21)12-23-18-10-6-5-9-17(18)19/h2-10,14,16,19H,11-13H2,1H3/t14-,16?,19?/m0/s1. The molecule has 124 valence electrons. The molecule has 0 spiro atoms. The molecule has 2 aliphatic rings. The number of ether oxygens (including phenoxy) is 1. The van der Waals surface area contributed by atoms with Gasteiger partial charge in [0.25, 0.3) is 0 Å². The number of rotatable bonds is 3. The maximum atomic E-state index is 13.0. The first-order valence-electron chi connectivity index (χ1n) is 8.45. The molecular formula is C20H21NO3. The van der Waals surface area contributed by atoms with Crippen LogP contribution < -0.4 is 4.74 Å². The lowest BCUT2D eigenvalue weighted by Crippen LogP contribution is -2.38. The number of hydrogen-bond acceptors (Lipinski definition) is 3. The molecule has 2 aliphatic heterocycles. The maximum Gasteiger partial charge on any atom is 0.249 e. The van der Waals surface area contributed by atoms with Gasteiger partial charge in [-0.25, -0.2) is 5.06 Å². The minimum Gasteiger partial charge on any atom is -0.493 e. The third-order valence-corrected chi connectivity index (χ3v) is 4.84. The van der Waals surface area contributed by atoms with Crippen LogP contribution in [0.25, 0.3) is 0 Å². The molecule has 0 aliphatic carbocycles. The quantitative estimate of drug-likeness (QED) is 0.869. The molecule has 1 amide bonds. The van der Waals surface area contributed by atoms with E-state index in [1.807, 2.05) is 49.4 Å². The molecule has 1 saturated heterocycles. The summed E-state index contributed by atoms with van der Waals surface area (Å²) in [5.41, 5.74) is 2.22. The zero-order chi connectivity index (χ0) is 16.5. The molecule has 2 unspecified atom stereocenters. The second kappa shape index (κ2) is 6.29. The summed E-state index contributed by atoms with van der Waals surface area (Å²) in [6.07, 6.45) is 0.717. The summed E-state index contributed by atoms with van der Waals surface area (Å²) in [5.74, 6) is 0.981. The first-order chi connectivity index (χ1) is 11.7. The van der Waals surface area contributed by atoms with Crippen molar-refractivity contribution in [1.29, 1.82) is 0 Å². The predicted octanol–water partition coefficient (Wildman–Crippen LogP) is 3.39. The predicted molar refractivity (Wildman–Crippen MR) is 90.3 cm³/mol. The lowest BCUT2D eigenvalue weighted by molar-refractivity contribution is -0.181. The number of fused-ring (bicyclic) bond motifs is 3. The SMILES string of the molecule is C[C@@H](Cc1ccccc1)C(=O)N1OCC2COc3ccccc3C21. The summed E-state index contributed by atoms with van der Waals surface area (Å²) in [6.45, 7) is 3.10. The second-order valence-corrected chi connectivity index (χ2v) is 6.60. The van der Waals surface area contributed by atoms with E-state index in [0.717, 1.165) is 17.7 Å². The van der Waals surface area contributed by atoms with Crippen LogP contribution in [0, 0.1) is 11.8 Å². The molecule has 2 aromatic rings. The van der Waals surface area contributed by atoms with Gasteiger partial charge < -0.3 is 4.74 Å². The number of hydroxylamine groups is 2. The van der Waals surface area contributed by atoms with Crippen LogP contribution >= 0.6 is 0 Å². The molecule has 0 radical (unpaired) electrons. The summed E-state index contributed by atoms with van der Waals surface area (Å²) in [4.78, 5) is 18.8. The Balaban J connectivity index is 1.55. The van der Waals surface area contributed by atoms with Crippen LogP contribution in [-0.4, -0.2) is 24.2 Å². The van der Waals surface area contributed by atoms with Crippen LogP contribution in [0.15, 0.2) is 54.6 Å². The fourth-order valence-corrected chi connectivity index (χ4v) is 3.58. The van der Waals surface area contributed by atoms with Gasteiger partial charge in [-0.3, -0.25) is 9.63 Å². The van der Waals surface area contributed by atoms with Crippen molar-refractivity contribution in [2.45, 2.75) is 19.4 Å². The minimum absolute atomic E-state index is 0.0410. The van der Waals surface area contributed by atoms with Gasteiger partial charge in [0.1, 0.15) is 5.75 Å². The van der Waals surface area contributed by atoms with Gasteiger partial charge in [-0.1, -0.05) is 55.5 Å². The second-order valence-electron chi connectivity index (χ2n) is 6.60. The number of amides is 1. The van der Waals surface area contributed by atoms with E-state index in [2.05, 4.69) is 12.1 Å². The van der Waals surface area contributed by atoms with Crippen molar-refractivity contribution in [3.05, 3.63) is 65.7 Å². The zero-order valence-electron chi connectivity index (χ0n) is 13.7. The topological polar surface area (TPSA) is 38.8 Å². The van der Waals surface area contributed by atoms with E-state index in [0.29, 0.717) is 13.2 Å². The van der Waals surface area contributed by atoms with Gasteiger partial charge in [0, 0.05) is 17.4 Å². The third-order valence-electron chi connectivity index (χ3n) is 4.84.